The van der Waals surface area contributed by atoms with Crippen molar-refractivity contribution in [2.75, 3.05) is 27.3 Å². The zero-order valence-corrected chi connectivity index (χ0v) is 15.7. The molecule has 1 unspecified atom stereocenters. The number of carbonyl (C=O) groups excluding carboxylic acids is 1. The Morgan fingerprint density at radius 3 is 2.84 bits per heavy atom. The van der Waals surface area contributed by atoms with E-state index >= 15 is 0 Å². The summed E-state index contributed by atoms with van der Waals surface area (Å²) in [6.45, 7) is 1.59. The van der Waals surface area contributed by atoms with E-state index in [0.29, 0.717) is 12.3 Å². The lowest BCUT2D eigenvalue weighted by atomic mass is 9.97. The highest BCUT2D eigenvalue weighted by atomic mass is 32.1. The molecule has 0 bridgehead atoms. The van der Waals surface area contributed by atoms with Gasteiger partial charge in [-0.3, -0.25) is 4.79 Å². The molecule has 0 aliphatic carbocycles. The molecule has 5 heteroatoms. The summed E-state index contributed by atoms with van der Waals surface area (Å²) in [5.41, 5.74) is 1.13. The number of ether oxygens (including phenoxy) is 2. The van der Waals surface area contributed by atoms with Crippen LogP contribution in [-0.4, -0.2) is 38.1 Å². The second kappa shape index (κ2) is 8.39. The van der Waals surface area contributed by atoms with Crippen molar-refractivity contribution in [1.29, 1.82) is 0 Å². The minimum Gasteiger partial charge on any atom is -0.493 e. The fraction of sp³-hybridized carbons (Fsp3) is 0.450. The van der Waals surface area contributed by atoms with E-state index in [0.717, 1.165) is 49.4 Å². The predicted molar refractivity (Wildman–Crippen MR) is 101 cm³/mol. The summed E-state index contributed by atoms with van der Waals surface area (Å²) in [6.07, 6.45) is 3.51. The van der Waals surface area contributed by atoms with E-state index in [-0.39, 0.29) is 5.91 Å². The van der Waals surface area contributed by atoms with Gasteiger partial charge in [-0.15, -0.1) is 11.3 Å². The summed E-state index contributed by atoms with van der Waals surface area (Å²) in [6, 6.07) is 10.2. The van der Waals surface area contributed by atoms with Crippen LogP contribution in [0.2, 0.25) is 0 Å². The van der Waals surface area contributed by atoms with Crippen LogP contribution in [-0.2, 0) is 11.2 Å². The number of rotatable bonds is 7. The van der Waals surface area contributed by atoms with E-state index in [9.17, 15) is 4.79 Å². The highest BCUT2D eigenvalue weighted by molar-refractivity contribution is 7.09. The molecule has 1 aliphatic rings. The van der Waals surface area contributed by atoms with E-state index < -0.39 is 0 Å². The monoisotopic (exact) mass is 359 g/mol. The lowest BCUT2D eigenvalue weighted by Gasteiger charge is -2.19. The number of methoxy groups -OCH3 is 2. The summed E-state index contributed by atoms with van der Waals surface area (Å²) in [4.78, 5) is 15.9. The maximum absolute atomic E-state index is 12.5. The van der Waals surface area contributed by atoms with Crippen molar-refractivity contribution in [1.82, 2.24) is 4.90 Å². The first-order chi connectivity index (χ1) is 12.2. The minimum absolute atomic E-state index is 0.265. The predicted octanol–water partition coefficient (Wildman–Crippen LogP) is 4.10. The molecular formula is C20H25NO3S. The van der Waals surface area contributed by atoms with Gasteiger partial charge in [0.05, 0.1) is 14.2 Å². The van der Waals surface area contributed by atoms with Crippen molar-refractivity contribution in [2.24, 2.45) is 0 Å². The third-order valence-corrected chi connectivity index (χ3v) is 5.74. The quantitative estimate of drug-likeness (QED) is 0.747. The van der Waals surface area contributed by atoms with Gasteiger partial charge in [-0.25, -0.2) is 0 Å². The van der Waals surface area contributed by atoms with Gasteiger partial charge >= 0.3 is 0 Å². The molecule has 0 saturated carbocycles. The molecule has 4 nitrogen and oxygen atoms in total. The van der Waals surface area contributed by atoms with E-state index in [4.69, 9.17) is 9.47 Å². The van der Waals surface area contributed by atoms with E-state index in [1.165, 1.54) is 4.88 Å². The van der Waals surface area contributed by atoms with Crippen molar-refractivity contribution in [2.45, 2.75) is 31.6 Å². The third kappa shape index (κ3) is 4.15. The summed E-state index contributed by atoms with van der Waals surface area (Å²) in [5.74, 6) is 2.12. The molecule has 0 spiro atoms. The molecule has 1 aromatic heterocycles. The number of likely N-dealkylation sites (tertiary alicyclic amines) is 1. The van der Waals surface area contributed by atoms with Gasteiger partial charge in [0.2, 0.25) is 5.91 Å². The Balaban J connectivity index is 1.57. The average Bonchev–Trinajstić information content (AvgIpc) is 3.32. The van der Waals surface area contributed by atoms with Crippen LogP contribution in [0.4, 0.5) is 0 Å². The maximum atomic E-state index is 12.5. The normalized spacial score (nSPS) is 16.9. The number of nitrogens with zero attached hydrogens (tertiary/aromatic N) is 1. The minimum atomic E-state index is 0.265. The van der Waals surface area contributed by atoms with E-state index in [2.05, 4.69) is 23.6 Å². The van der Waals surface area contributed by atoms with Gasteiger partial charge in [0.15, 0.2) is 11.5 Å². The second-order valence-corrected chi connectivity index (χ2v) is 7.37. The van der Waals surface area contributed by atoms with Crippen molar-refractivity contribution < 1.29 is 14.3 Å². The van der Waals surface area contributed by atoms with Gasteiger partial charge < -0.3 is 14.4 Å². The van der Waals surface area contributed by atoms with Crippen molar-refractivity contribution in [3.63, 3.8) is 0 Å². The average molecular weight is 359 g/mol. The standard InChI is InChI=1S/C20H25NO3S/c1-23-18-9-4-8-17(20(18)24-2)15-11-12-21(14-15)19(22)10-3-6-16-7-5-13-25-16/h4-5,7-9,13,15H,3,6,10-12,14H2,1-2H3. The van der Waals surface area contributed by atoms with Gasteiger partial charge in [0.25, 0.3) is 0 Å². The number of aryl methyl sites for hydroxylation is 1. The summed E-state index contributed by atoms with van der Waals surface area (Å²) in [7, 11) is 3.32. The number of amides is 1. The Kier molecular flexibility index (Phi) is 5.97. The zero-order chi connectivity index (χ0) is 17.6. The molecule has 1 atom stereocenters. The highest BCUT2D eigenvalue weighted by Gasteiger charge is 2.29. The molecular weight excluding hydrogens is 334 g/mol. The number of thiophene rings is 1. The molecule has 2 aromatic rings. The van der Waals surface area contributed by atoms with Crippen molar-refractivity contribution in [3.8, 4) is 11.5 Å². The van der Waals surface area contributed by atoms with Gasteiger partial charge in [-0.05, 0) is 36.8 Å². The molecule has 1 fully saturated rings. The van der Waals surface area contributed by atoms with Gasteiger partial charge in [0, 0.05) is 35.9 Å². The Bertz CT molecular complexity index is 699. The lowest BCUT2D eigenvalue weighted by molar-refractivity contribution is -0.130. The molecule has 1 amide bonds. The number of hydrogen-bond donors (Lipinski definition) is 0. The Labute approximate surface area is 153 Å². The van der Waals surface area contributed by atoms with Crippen LogP contribution in [0.25, 0.3) is 0 Å². The SMILES string of the molecule is COc1cccc(C2CCN(C(=O)CCCc3cccs3)C2)c1OC. The molecule has 3 rings (SSSR count). The first-order valence-electron chi connectivity index (χ1n) is 8.74. The first kappa shape index (κ1) is 17.8. The van der Waals surface area contributed by atoms with Gasteiger partial charge in [-0.2, -0.15) is 0 Å². The summed E-state index contributed by atoms with van der Waals surface area (Å²) < 4.78 is 10.9. The fourth-order valence-electron chi connectivity index (χ4n) is 3.50. The number of benzene rings is 1. The lowest BCUT2D eigenvalue weighted by Crippen LogP contribution is -2.28. The molecule has 1 saturated heterocycles. The smallest absolute Gasteiger partial charge is 0.222 e. The summed E-state index contributed by atoms with van der Waals surface area (Å²) >= 11 is 1.76. The van der Waals surface area contributed by atoms with Gasteiger partial charge in [0.1, 0.15) is 0 Å². The molecule has 0 N–H and O–H groups in total. The molecule has 134 valence electrons. The van der Waals surface area contributed by atoms with Crippen LogP contribution in [0.15, 0.2) is 35.7 Å². The molecule has 25 heavy (non-hydrogen) atoms. The van der Waals surface area contributed by atoms with Crippen molar-refractivity contribution >= 4 is 17.2 Å². The molecule has 1 aromatic carbocycles. The number of carbonyl (C=O) groups is 1. The Hall–Kier alpha value is -2.01. The topological polar surface area (TPSA) is 38.8 Å². The second-order valence-electron chi connectivity index (χ2n) is 6.34. The van der Waals surface area contributed by atoms with E-state index in [1.54, 1.807) is 25.6 Å². The Morgan fingerprint density at radius 1 is 1.24 bits per heavy atom. The van der Waals surface area contributed by atoms with Gasteiger partial charge in [-0.1, -0.05) is 18.2 Å². The number of hydrogen-bond acceptors (Lipinski definition) is 4. The first-order valence-corrected chi connectivity index (χ1v) is 9.62. The Morgan fingerprint density at radius 2 is 2.12 bits per heavy atom. The molecule has 1 aliphatic heterocycles. The highest BCUT2D eigenvalue weighted by Crippen LogP contribution is 2.39. The van der Waals surface area contributed by atoms with E-state index in [1.807, 2.05) is 17.0 Å². The van der Waals surface area contributed by atoms with Crippen LogP contribution in [0.3, 0.4) is 0 Å². The maximum Gasteiger partial charge on any atom is 0.222 e. The van der Waals surface area contributed by atoms with Crippen LogP contribution in [0.5, 0.6) is 11.5 Å². The fourth-order valence-corrected chi connectivity index (χ4v) is 4.25. The van der Waals surface area contributed by atoms with Crippen LogP contribution in [0.1, 0.15) is 35.6 Å². The van der Waals surface area contributed by atoms with Crippen molar-refractivity contribution in [3.05, 3.63) is 46.2 Å². The molecule has 2 heterocycles. The zero-order valence-electron chi connectivity index (χ0n) is 14.9. The number of para-hydroxylation sites is 1. The van der Waals surface area contributed by atoms with Crippen LogP contribution < -0.4 is 9.47 Å². The third-order valence-electron chi connectivity index (χ3n) is 4.81. The largest absolute Gasteiger partial charge is 0.493 e. The van der Waals surface area contributed by atoms with Crippen LogP contribution in [0, 0.1) is 0 Å². The van der Waals surface area contributed by atoms with Crippen LogP contribution >= 0.6 is 11.3 Å². The molecule has 0 radical (unpaired) electrons. The summed E-state index contributed by atoms with van der Waals surface area (Å²) in [5, 5.41) is 2.09.